The Morgan fingerprint density at radius 3 is 2.36 bits per heavy atom. The minimum Gasteiger partial charge on any atom is -0.319 e. The zero-order chi connectivity index (χ0) is 19.7. The molecule has 1 heterocycles. The Kier molecular flexibility index (Phi) is 4.61. The van der Waals surface area contributed by atoms with E-state index in [1.54, 1.807) is 6.92 Å². The molecule has 5 heteroatoms. The van der Waals surface area contributed by atoms with Gasteiger partial charge in [0, 0.05) is 6.54 Å². The average molecular weight is 373 g/mol. The molecule has 0 bridgehead atoms. The van der Waals surface area contributed by atoms with Gasteiger partial charge in [-0.1, -0.05) is 66.7 Å². The summed E-state index contributed by atoms with van der Waals surface area (Å²) in [6.07, 6.45) is 0. The molecular formula is C23H23N3O2. The number of amides is 3. The van der Waals surface area contributed by atoms with E-state index in [4.69, 9.17) is 0 Å². The fourth-order valence-electron chi connectivity index (χ4n) is 3.71. The lowest BCUT2D eigenvalue weighted by Crippen LogP contribution is -2.42. The second kappa shape index (κ2) is 7.09. The highest BCUT2D eigenvalue weighted by Gasteiger charge is 2.49. The first kappa shape index (κ1) is 18.2. The molecule has 0 spiro atoms. The highest BCUT2D eigenvalue weighted by atomic mass is 16.2. The third-order valence-electron chi connectivity index (χ3n) is 5.28. The lowest BCUT2D eigenvalue weighted by atomic mass is 9.90. The fourth-order valence-corrected chi connectivity index (χ4v) is 3.71. The predicted molar refractivity (Wildman–Crippen MR) is 109 cm³/mol. The highest BCUT2D eigenvalue weighted by molar-refractivity contribution is 6.07. The van der Waals surface area contributed by atoms with Crippen LogP contribution >= 0.6 is 0 Å². The maximum atomic E-state index is 13.2. The largest absolute Gasteiger partial charge is 0.326 e. The molecule has 0 unspecified atom stereocenters. The first-order valence-electron chi connectivity index (χ1n) is 9.33. The summed E-state index contributed by atoms with van der Waals surface area (Å²) in [6.45, 7) is 2.67. The normalized spacial score (nSPS) is 19.5. The van der Waals surface area contributed by atoms with Crippen LogP contribution in [-0.2, 0) is 16.9 Å². The standard InChI is InChI=1S/C23H23N3O2/c1-23(20-13-12-18-10-6-7-11-19(18)14-20)21(27)26(22(28)24-23)16-25(2)15-17-8-4-3-5-9-17/h3-14H,15-16H2,1-2H3,(H,24,28)/t23-/m0/s1. The Labute approximate surface area is 164 Å². The van der Waals surface area contributed by atoms with E-state index in [2.05, 4.69) is 5.32 Å². The number of imide groups is 1. The van der Waals surface area contributed by atoms with E-state index in [9.17, 15) is 9.59 Å². The lowest BCUT2D eigenvalue weighted by molar-refractivity contribution is -0.132. The summed E-state index contributed by atoms with van der Waals surface area (Å²) in [5.41, 5.74) is 0.862. The molecule has 142 valence electrons. The van der Waals surface area contributed by atoms with E-state index >= 15 is 0 Å². The van der Waals surface area contributed by atoms with Gasteiger partial charge in [0.1, 0.15) is 5.54 Å². The third kappa shape index (κ3) is 3.25. The number of carbonyl (C=O) groups excluding carboxylic acids is 2. The summed E-state index contributed by atoms with van der Waals surface area (Å²) < 4.78 is 0. The van der Waals surface area contributed by atoms with Crippen LogP contribution in [0.15, 0.2) is 72.8 Å². The molecule has 1 aliphatic rings. The van der Waals surface area contributed by atoms with E-state index in [0.717, 1.165) is 21.9 Å². The van der Waals surface area contributed by atoms with Gasteiger partial charge in [-0.2, -0.15) is 0 Å². The molecule has 1 N–H and O–H groups in total. The van der Waals surface area contributed by atoms with Gasteiger partial charge in [0.2, 0.25) is 0 Å². The van der Waals surface area contributed by atoms with Crippen LogP contribution in [0.1, 0.15) is 18.1 Å². The van der Waals surface area contributed by atoms with Gasteiger partial charge in [-0.05, 0) is 41.9 Å². The Bertz CT molecular complexity index is 1030. The minimum absolute atomic E-state index is 0.229. The van der Waals surface area contributed by atoms with Crippen molar-refractivity contribution in [2.24, 2.45) is 0 Å². The van der Waals surface area contributed by atoms with E-state index in [1.165, 1.54) is 4.90 Å². The number of urea groups is 1. The molecule has 28 heavy (non-hydrogen) atoms. The number of fused-ring (bicyclic) bond motifs is 1. The summed E-state index contributed by atoms with van der Waals surface area (Å²) in [7, 11) is 1.90. The molecule has 3 aromatic carbocycles. The third-order valence-corrected chi connectivity index (χ3v) is 5.28. The Balaban J connectivity index is 1.55. The number of nitrogens with zero attached hydrogens (tertiary/aromatic N) is 2. The summed E-state index contributed by atoms with van der Waals surface area (Å²) in [5.74, 6) is -0.229. The van der Waals surface area contributed by atoms with Crippen LogP contribution in [0.25, 0.3) is 10.8 Å². The molecule has 0 radical (unpaired) electrons. The number of hydrogen-bond acceptors (Lipinski definition) is 3. The fraction of sp³-hybridized carbons (Fsp3) is 0.217. The zero-order valence-electron chi connectivity index (χ0n) is 16.1. The van der Waals surface area contributed by atoms with Gasteiger partial charge < -0.3 is 5.32 Å². The van der Waals surface area contributed by atoms with Gasteiger partial charge in [0.25, 0.3) is 5.91 Å². The number of benzene rings is 3. The van der Waals surface area contributed by atoms with Crippen LogP contribution in [0, 0.1) is 0 Å². The first-order chi connectivity index (χ1) is 13.5. The molecule has 1 atom stereocenters. The zero-order valence-corrected chi connectivity index (χ0v) is 16.1. The number of nitrogens with one attached hydrogen (secondary N) is 1. The van der Waals surface area contributed by atoms with Crippen LogP contribution < -0.4 is 5.32 Å². The van der Waals surface area contributed by atoms with E-state index in [0.29, 0.717) is 6.54 Å². The van der Waals surface area contributed by atoms with Gasteiger partial charge >= 0.3 is 6.03 Å². The molecule has 0 aliphatic carbocycles. The van der Waals surface area contributed by atoms with Crippen molar-refractivity contribution in [2.75, 3.05) is 13.7 Å². The van der Waals surface area contributed by atoms with Gasteiger partial charge in [-0.25, -0.2) is 9.69 Å². The van der Waals surface area contributed by atoms with Crippen molar-refractivity contribution >= 4 is 22.7 Å². The molecule has 3 amide bonds. The van der Waals surface area contributed by atoms with Crippen molar-refractivity contribution in [1.29, 1.82) is 0 Å². The maximum absolute atomic E-state index is 13.2. The molecule has 4 rings (SSSR count). The topological polar surface area (TPSA) is 52.6 Å². The van der Waals surface area contributed by atoms with E-state index < -0.39 is 5.54 Å². The van der Waals surface area contributed by atoms with Crippen molar-refractivity contribution in [3.05, 3.63) is 83.9 Å². The summed E-state index contributed by atoms with van der Waals surface area (Å²) in [4.78, 5) is 29.0. The first-order valence-corrected chi connectivity index (χ1v) is 9.33. The Morgan fingerprint density at radius 1 is 0.929 bits per heavy atom. The summed E-state index contributed by atoms with van der Waals surface area (Å²) in [6, 6.07) is 23.5. The van der Waals surface area contributed by atoms with Gasteiger partial charge in [-0.3, -0.25) is 9.69 Å². The van der Waals surface area contributed by atoms with Gasteiger partial charge in [-0.15, -0.1) is 0 Å². The molecule has 1 saturated heterocycles. The molecule has 0 saturated carbocycles. The van der Waals surface area contributed by atoms with Crippen molar-refractivity contribution in [2.45, 2.75) is 19.0 Å². The van der Waals surface area contributed by atoms with Crippen LogP contribution in [-0.4, -0.2) is 35.5 Å². The summed E-state index contributed by atoms with van der Waals surface area (Å²) in [5, 5.41) is 5.04. The number of hydrogen-bond donors (Lipinski definition) is 1. The average Bonchev–Trinajstić information content (AvgIpc) is 2.92. The molecule has 1 fully saturated rings. The smallest absolute Gasteiger partial charge is 0.319 e. The Hall–Kier alpha value is -3.18. The van der Waals surface area contributed by atoms with Crippen molar-refractivity contribution in [3.63, 3.8) is 0 Å². The van der Waals surface area contributed by atoms with Crippen molar-refractivity contribution in [1.82, 2.24) is 15.1 Å². The van der Waals surface area contributed by atoms with Crippen molar-refractivity contribution in [3.8, 4) is 0 Å². The number of rotatable bonds is 5. The maximum Gasteiger partial charge on any atom is 0.326 e. The Morgan fingerprint density at radius 2 is 1.61 bits per heavy atom. The summed E-state index contributed by atoms with van der Waals surface area (Å²) >= 11 is 0. The second-order valence-electron chi connectivity index (χ2n) is 7.49. The highest BCUT2D eigenvalue weighted by Crippen LogP contribution is 2.31. The van der Waals surface area contributed by atoms with Crippen LogP contribution in [0.3, 0.4) is 0 Å². The molecular weight excluding hydrogens is 350 g/mol. The van der Waals surface area contributed by atoms with Gasteiger partial charge in [0.15, 0.2) is 0 Å². The monoisotopic (exact) mass is 373 g/mol. The van der Waals surface area contributed by atoms with Crippen LogP contribution in [0.5, 0.6) is 0 Å². The molecule has 5 nitrogen and oxygen atoms in total. The van der Waals surface area contributed by atoms with Crippen molar-refractivity contribution < 1.29 is 9.59 Å². The van der Waals surface area contributed by atoms with Crippen LogP contribution in [0.4, 0.5) is 4.79 Å². The van der Waals surface area contributed by atoms with E-state index in [-0.39, 0.29) is 18.6 Å². The number of carbonyl (C=O) groups is 2. The SMILES string of the molecule is CN(Cc1ccccc1)CN1C(=O)N[C@@](C)(c2ccc3ccccc3c2)C1=O. The lowest BCUT2D eigenvalue weighted by Gasteiger charge is -2.25. The second-order valence-corrected chi connectivity index (χ2v) is 7.49. The van der Waals surface area contributed by atoms with Gasteiger partial charge in [0.05, 0.1) is 6.67 Å². The minimum atomic E-state index is -1.06. The predicted octanol–water partition coefficient (Wildman–Crippen LogP) is 3.70. The van der Waals surface area contributed by atoms with E-state index in [1.807, 2.05) is 84.7 Å². The van der Waals surface area contributed by atoms with Crippen LogP contribution in [0.2, 0.25) is 0 Å². The molecule has 0 aromatic heterocycles. The quantitative estimate of drug-likeness (QED) is 0.694. The molecule has 1 aliphatic heterocycles. The molecule has 3 aromatic rings.